The van der Waals surface area contributed by atoms with Crippen molar-refractivity contribution in [3.63, 3.8) is 0 Å². The minimum absolute atomic E-state index is 0.475. The van der Waals surface area contributed by atoms with Gasteiger partial charge in [-0.15, -0.1) is 6.58 Å². The van der Waals surface area contributed by atoms with E-state index in [1.54, 1.807) is 0 Å². The molecule has 0 aromatic carbocycles. The summed E-state index contributed by atoms with van der Waals surface area (Å²) in [6.45, 7) is 11.3. The van der Waals surface area contributed by atoms with E-state index >= 15 is 0 Å². The number of aryl methyl sites for hydroxylation is 1. The van der Waals surface area contributed by atoms with Crippen LogP contribution in [0, 0.1) is 12.3 Å². The highest BCUT2D eigenvalue weighted by Crippen LogP contribution is 2.38. The second-order valence-corrected chi connectivity index (χ2v) is 5.90. The normalized spacial score (nSPS) is 22.6. The Hall–Kier alpha value is -1.25. The minimum Gasteiger partial charge on any atom is -0.353 e. The van der Waals surface area contributed by atoms with Crippen LogP contribution in [-0.4, -0.2) is 15.6 Å². The van der Waals surface area contributed by atoms with E-state index in [4.69, 9.17) is 0 Å². The predicted octanol–water partition coefficient (Wildman–Crippen LogP) is 3.37. The maximum Gasteiger partial charge on any atom is 0.203 e. The Morgan fingerprint density at radius 3 is 3.00 bits per heavy atom. The molecule has 0 radical (unpaired) electrons. The van der Waals surface area contributed by atoms with Crippen molar-refractivity contribution in [2.24, 2.45) is 5.41 Å². The molecular formula is C14H23N3. The first kappa shape index (κ1) is 12.2. The van der Waals surface area contributed by atoms with Gasteiger partial charge < -0.3 is 9.88 Å². The van der Waals surface area contributed by atoms with Crippen LogP contribution in [0.5, 0.6) is 0 Å². The third kappa shape index (κ3) is 2.90. The van der Waals surface area contributed by atoms with Gasteiger partial charge in [-0.2, -0.15) is 0 Å². The van der Waals surface area contributed by atoms with E-state index in [-0.39, 0.29) is 0 Å². The first-order valence-electron chi connectivity index (χ1n) is 6.41. The van der Waals surface area contributed by atoms with Crippen molar-refractivity contribution in [2.45, 2.75) is 52.6 Å². The second-order valence-electron chi connectivity index (χ2n) is 5.90. The molecular weight excluding hydrogens is 210 g/mol. The molecule has 1 fully saturated rings. The highest BCUT2D eigenvalue weighted by atomic mass is 15.2. The van der Waals surface area contributed by atoms with Crippen molar-refractivity contribution < 1.29 is 0 Å². The van der Waals surface area contributed by atoms with E-state index in [0.717, 1.165) is 18.2 Å². The van der Waals surface area contributed by atoms with E-state index in [1.165, 1.54) is 19.3 Å². The lowest BCUT2D eigenvalue weighted by Crippen LogP contribution is -2.20. The van der Waals surface area contributed by atoms with Crippen LogP contribution in [0.3, 0.4) is 0 Å². The molecule has 1 atom stereocenters. The fourth-order valence-corrected chi connectivity index (χ4v) is 2.68. The molecule has 1 aliphatic carbocycles. The van der Waals surface area contributed by atoms with Gasteiger partial charge in [-0.25, -0.2) is 4.98 Å². The van der Waals surface area contributed by atoms with E-state index < -0.39 is 0 Å². The van der Waals surface area contributed by atoms with Crippen molar-refractivity contribution in [1.29, 1.82) is 0 Å². The molecule has 0 aliphatic heterocycles. The molecule has 1 unspecified atom stereocenters. The molecule has 1 aliphatic rings. The predicted molar refractivity (Wildman–Crippen MR) is 72.2 cm³/mol. The smallest absolute Gasteiger partial charge is 0.203 e. The average molecular weight is 233 g/mol. The summed E-state index contributed by atoms with van der Waals surface area (Å²) in [5, 5.41) is 3.57. The topological polar surface area (TPSA) is 29.9 Å². The molecule has 1 aromatic rings. The first-order chi connectivity index (χ1) is 8.00. The number of hydrogen-bond acceptors (Lipinski definition) is 2. The lowest BCUT2D eigenvalue weighted by molar-refractivity contribution is 0.378. The summed E-state index contributed by atoms with van der Waals surface area (Å²) in [4.78, 5) is 4.54. The lowest BCUT2D eigenvalue weighted by Gasteiger charge is -2.18. The van der Waals surface area contributed by atoms with Gasteiger partial charge >= 0.3 is 0 Å². The molecule has 2 rings (SSSR count). The summed E-state index contributed by atoms with van der Waals surface area (Å²) in [5.41, 5.74) is 1.54. The molecule has 3 heteroatoms. The van der Waals surface area contributed by atoms with Crippen molar-refractivity contribution in [1.82, 2.24) is 9.55 Å². The Bertz CT molecular complexity index is 404. The van der Waals surface area contributed by atoms with Crippen LogP contribution in [0.1, 0.15) is 38.8 Å². The molecule has 94 valence electrons. The summed E-state index contributed by atoms with van der Waals surface area (Å²) < 4.78 is 2.13. The van der Waals surface area contributed by atoms with Gasteiger partial charge in [0, 0.05) is 18.8 Å². The Morgan fingerprint density at radius 2 is 2.41 bits per heavy atom. The second kappa shape index (κ2) is 4.55. The van der Waals surface area contributed by atoms with Gasteiger partial charge in [0.05, 0.1) is 5.69 Å². The summed E-state index contributed by atoms with van der Waals surface area (Å²) in [5.74, 6) is 0.991. The summed E-state index contributed by atoms with van der Waals surface area (Å²) >= 11 is 0. The molecule has 1 aromatic heterocycles. The van der Waals surface area contributed by atoms with E-state index in [1.807, 2.05) is 13.0 Å². The first-order valence-corrected chi connectivity index (χ1v) is 6.41. The Morgan fingerprint density at radius 1 is 1.65 bits per heavy atom. The van der Waals surface area contributed by atoms with Gasteiger partial charge in [0.2, 0.25) is 5.95 Å². The number of nitrogens with zero attached hydrogens (tertiary/aromatic N) is 2. The molecule has 0 bridgehead atoms. The number of imidazole rings is 1. The number of rotatable bonds is 4. The van der Waals surface area contributed by atoms with Gasteiger partial charge in [-0.1, -0.05) is 19.9 Å². The van der Waals surface area contributed by atoms with Crippen LogP contribution in [0.4, 0.5) is 5.95 Å². The monoisotopic (exact) mass is 233 g/mol. The van der Waals surface area contributed by atoms with Crippen molar-refractivity contribution in [3.8, 4) is 0 Å². The van der Waals surface area contributed by atoms with Gasteiger partial charge in [0.15, 0.2) is 0 Å². The third-order valence-corrected chi connectivity index (χ3v) is 3.52. The van der Waals surface area contributed by atoms with E-state index in [0.29, 0.717) is 11.5 Å². The molecule has 17 heavy (non-hydrogen) atoms. The summed E-state index contributed by atoms with van der Waals surface area (Å²) in [6, 6.07) is 0.565. The molecule has 1 heterocycles. The van der Waals surface area contributed by atoms with Crippen molar-refractivity contribution >= 4 is 5.95 Å². The molecule has 0 saturated heterocycles. The Labute approximate surface area is 104 Å². The number of allylic oxidation sites excluding steroid dienone is 1. The van der Waals surface area contributed by atoms with Crippen LogP contribution >= 0.6 is 0 Å². The zero-order chi connectivity index (χ0) is 12.5. The standard InChI is InChI=1S/C14H23N3/c1-5-8-17-10-11(2)15-13(17)16-12-6-7-14(3,4)9-12/h5,10,12H,1,6-9H2,2-4H3,(H,15,16). The van der Waals surface area contributed by atoms with Crippen LogP contribution in [0.15, 0.2) is 18.9 Å². The van der Waals surface area contributed by atoms with Crippen LogP contribution in [0.25, 0.3) is 0 Å². The maximum absolute atomic E-state index is 4.54. The summed E-state index contributed by atoms with van der Waals surface area (Å²) in [7, 11) is 0. The van der Waals surface area contributed by atoms with Crippen LogP contribution < -0.4 is 5.32 Å². The molecule has 1 N–H and O–H groups in total. The molecule has 0 amide bonds. The van der Waals surface area contributed by atoms with Crippen molar-refractivity contribution in [2.75, 3.05) is 5.32 Å². The van der Waals surface area contributed by atoms with Crippen LogP contribution in [0.2, 0.25) is 0 Å². The average Bonchev–Trinajstić information content (AvgIpc) is 2.72. The third-order valence-electron chi connectivity index (χ3n) is 3.52. The number of hydrogen-bond donors (Lipinski definition) is 1. The number of nitrogens with one attached hydrogen (secondary N) is 1. The van der Waals surface area contributed by atoms with Gasteiger partial charge in [0.25, 0.3) is 0 Å². The van der Waals surface area contributed by atoms with Gasteiger partial charge in [-0.05, 0) is 31.6 Å². The van der Waals surface area contributed by atoms with Gasteiger partial charge in [-0.3, -0.25) is 0 Å². The van der Waals surface area contributed by atoms with E-state index in [2.05, 4.69) is 41.5 Å². The Kier molecular flexibility index (Phi) is 3.27. The zero-order valence-corrected chi connectivity index (χ0v) is 11.2. The molecule has 1 saturated carbocycles. The lowest BCUT2D eigenvalue weighted by atomic mass is 9.92. The number of anilines is 1. The van der Waals surface area contributed by atoms with E-state index in [9.17, 15) is 0 Å². The maximum atomic E-state index is 4.54. The highest BCUT2D eigenvalue weighted by molar-refractivity contribution is 5.31. The Balaban J connectivity index is 2.06. The fourth-order valence-electron chi connectivity index (χ4n) is 2.68. The quantitative estimate of drug-likeness (QED) is 0.808. The van der Waals surface area contributed by atoms with Crippen LogP contribution in [-0.2, 0) is 6.54 Å². The SMILES string of the molecule is C=CCn1cc(C)nc1NC1CCC(C)(C)C1. The molecule has 3 nitrogen and oxygen atoms in total. The largest absolute Gasteiger partial charge is 0.353 e. The highest BCUT2D eigenvalue weighted by Gasteiger charge is 2.31. The summed E-state index contributed by atoms with van der Waals surface area (Å²) in [6.07, 6.45) is 7.75. The number of aromatic nitrogens is 2. The zero-order valence-electron chi connectivity index (χ0n) is 11.2. The fraction of sp³-hybridized carbons (Fsp3) is 0.643. The minimum atomic E-state index is 0.475. The van der Waals surface area contributed by atoms with Crippen molar-refractivity contribution in [3.05, 3.63) is 24.5 Å². The van der Waals surface area contributed by atoms with Gasteiger partial charge in [0.1, 0.15) is 0 Å². The molecule has 0 spiro atoms.